The second-order valence-electron chi connectivity index (χ2n) is 6.27. The molecular weight excluding hydrogens is 356 g/mol. The molecule has 5 nitrogen and oxygen atoms in total. The van der Waals surface area contributed by atoms with Gasteiger partial charge in [0.05, 0.1) is 10.7 Å². The Morgan fingerprint density at radius 1 is 1.16 bits per heavy atom. The SMILES string of the molecule is Cc1nc(C2CCCC2)sc1-c1nc(-c2ccc(CN)cc2)no1.Cl. The maximum Gasteiger partial charge on any atom is 0.270 e. The van der Waals surface area contributed by atoms with Crippen LogP contribution in [-0.4, -0.2) is 15.1 Å². The fourth-order valence-corrected chi connectivity index (χ4v) is 4.34. The van der Waals surface area contributed by atoms with Gasteiger partial charge in [0.25, 0.3) is 5.89 Å². The van der Waals surface area contributed by atoms with Crippen LogP contribution in [0.15, 0.2) is 28.8 Å². The lowest BCUT2D eigenvalue weighted by molar-refractivity contribution is 0.433. The summed E-state index contributed by atoms with van der Waals surface area (Å²) in [5, 5.41) is 5.34. The van der Waals surface area contributed by atoms with E-state index in [1.807, 2.05) is 31.2 Å². The van der Waals surface area contributed by atoms with E-state index in [9.17, 15) is 0 Å². The Morgan fingerprint density at radius 2 is 1.88 bits per heavy atom. The molecule has 0 amide bonds. The first-order valence-corrected chi connectivity index (χ1v) is 9.17. The average molecular weight is 377 g/mol. The van der Waals surface area contributed by atoms with Gasteiger partial charge in [-0.2, -0.15) is 4.98 Å². The zero-order valence-corrected chi connectivity index (χ0v) is 15.7. The topological polar surface area (TPSA) is 77.8 Å². The van der Waals surface area contributed by atoms with Crippen molar-refractivity contribution in [3.8, 4) is 22.2 Å². The van der Waals surface area contributed by atoms with Crippen molar-refractivity contribution >= 4 is 23.7 Å². The molecule has 0 spiro atoms. The van der Waals surface area contributed by atoms with Gasteiger partial charge in [-0.1, -0.05) is 42.3 Å². The van der Waals surface area contributed by atoms with Gasteiger partial charge in [0, 0.05) is 18.0 Å². The summed E-state index contributed by atoms with van der Waals surface area (Å²) >= 11 is 1.70. The van der Waals surface area contributed by atoms with Gasteiger partial charge < -0.3 is 10.3 Å². The molecule has 3 aromatic rings. The molecule has 1 fully saturated rings. The van der Waals surface area contributed by atoms with Crippen LogP contribution < -0.4 is 5.73 Å². The Hall–Kier alpha value is -1.76. The average Bonchev–Trinajstić information content (AvgIpc) is 3.35. The van der Waals surface area contributed by atoms with Gasteiger partial charge in [-0.05, 0) is 25.3 Å². The zero-order chi connectivity index (χ0) is 16.5. The van der Waals surface area contributed by atoms with E-state index < -0.39 is 0 Å². The van der Waals surface area contributed by atoms with Crippen molar-refractivity contribution in [2.45, 2.75) is 45.1 Å². The van der Waals surface area contributed by atoms with Gasteiger partial charge in [0.2, 0.25) is 5.82 Å². The molecule has 4 rings (SSSR count). The molecule has 132 valence electrons. The number of nitrogens with zero attached hydrogens (tertiary/aromatic N) is 3. The summed E-state index contributed by atoms with van der Waals surface area (Å²) in [4.78, 5) is 10.3. The molecule has 1 aromatic carbocycles. The fraction of sp³-hybridized carbons (Fsp3) is 0.389. The van der Waals surface area contributed by atoms with Crippen molar-refractivity contribution in [3.63, 3.8) is 0 Å². The van der Waals surface area contributed by atoms with Crippen LogP contribution in [0.5, 0.6) is 0 Å². The van der Waals surface area contributed by atoms with Gasteiger partial charge in [0.15, 0.2) is 0 Å². The van der Waals surface area contributed by atoms with Crippen LogP contribution in [0, 0.1) is 6.92 Å². The molecule has 1 saturated carbocycles. The van der Waals surface area contributed by atoms with Crippen LogP contribution in [-0.2, 0) is 6.54 Å². The van der Waals surface area contributed by atoms with Crippen LogP contribution in [0.25, 0.3) is 22.2 Å². The highest BCUT2D eigenvalue weighted by molar-refractivity contribution is 7.15. The van der Waals surface area contributed by atoms with E-state index in [1.165, 1.54) is 30.7 Å². The number of nitrogens with two attached hydrogens (primary N) is 1. The lowest BCUT2D eigenvalue weighted by Gasteiger charge is -2.01. The first-order chi connectivity index (χ1) is 11.7. The van der Waals surface area contributed by atoms with Crippen molar-refractivity contribution in [1.29, 1.82) is 0 Å². The number of rotatable bonds is 4. The van der Waals surface area contributed by atoms with Gasteiger partial charge in [-0.15, -0.1) is 23.7 Å². The Balaban J connectivity index is 0.00000182. The second-order valence-corrected chi connectivity index (χ2v) is 7.30. The third-order valence-electron chi connectivity index (χ3n) is 4.59. The minimum Gasteiger partial charge on any atom is -0.333 e. The summed E-state index contributed by atoms with van der Waals surface area (Å²) in [6, 6.07) is 7.92. The molecule has 0 atom stereocenters. The molecule has 0 unspecified atom stereocenters. The predicted octanol–water partition coefficient (Wildman–Crippen LogP) is 4.71. The zero-order valence-electron chi connectivity index (χ0n) is 14.1. The van der Waals surface area contributed by atoms with Crippen LogP contribution >= 0.6 is 23.7 Å². The molecule has 1 aliphatic rings. The van der Waals surface area contributed by atoms with Crippen LogP contribution in [0.2, 0.25) is 0 Å². The van der Waals surface area contributed by atoms with E-state index in [2.05, 4.69) is 10.1 Å². The fourth-order valence-electron chi connectivity index (χ4n) is 3.19. The third-order valence-corrected chi connectivity index (χ3v) is 5.89. The minimum atomic E-state index is 0. The molecule has 0 radical (unpaired) electrons. The van der Waals surface area contributed by atoms with Crippen LogP contribution in [0.4, 0.5) is 0 Å². The lowest BCUT2D eigenvalue weighted by Crippen LogP contribution is -1.95. The number of aryl methyl sites for hydroxylation is 1. The van der Waals surface area contributed by atoms with Crippen molar-refractivity contribution in [1.82, 2.24) is 15.1 Å². The minimum absolute atomic E-state index is 0. The number of hydrogen-bond acceptors (Lipinski definition) is 6. The van der Waals surface area contributed by atoms with Crippen molar-refractivity contribution in [2.75, 3.05) is 0 Å². The highest BCUT2D eigenvalue weighted by Gasteiger charge is 2.24. The molecule has 0 aliphatic heterocycles. The molecule has 2 aromatic heterocycles. The van der Waals surface area contributed by atoms with E-state index in [0.29, 0.717) is 24.2 Å². The summed E-state index contributed by atoms with van der Waals surface area (Å²) in [6.45, 7) is 2.55. The Labute approximate surface area is 157 Å². The highest BCUT2D eigenvalue weighted by Crippen LogP contribution is 2.40. The first kappa shape index (κ1) is 18.0. The smallest absolute Gasteiger partial charge is 0.270 e. The Bertz CT molecular complexity index is 837. The highest BCUT2D eigenvalue weighted by atomic mass is 35.5. The van der Waals surface area contributed by atoms with Crippen molar-refractivity contribution in [3.05, 3.63) is 40.5 Å². The monoisotopic (exact) mass is 376 g/mol. The van der Waals surface area contributed by atoms with Gasteiger partial charge in [-0.25, -0.2) is 4.98 Å². The quantitative estimate of drug-likeness (QED) is 0.713. The second kappa shape index (κ2) is 7.64. The summed E-state index contributed by atoms with van der Waals surface area (Å²) in [7, 11) is 0. The van der Waals surface area contributed by atoms with Crippen LogP contribution in [0.1, 0.15) is 47.9 Å². The largest absolute Gasteiger partial charge is 0.333 e. The molecule has 1 aliphatic carbocycles. The van der Waals surface area contributed by atoms with E-state index in [0.717, 1.165) is 21.7 Å². The molecule has 7 heteroatoms. The van der Waals surface area contributed by atoms with Gasteiger partial charge in [-0.3, -0.25) is 0 Å². The van der Waals surface area contributed by atoms with E-state index in [1.54, 1.807) is 11.3 Å². The predicted molar refractivity (Wildman–Crippen MR) is 102 cm³/mol. The van der Waals surface area contributed by atoms with E-state index in [-0.39, 0.29) is 12.4 Å². The van der Waals surface area contributed by atoms with Crippen molar-refractivity contribution < 1.29 is 4.52 Å². The van der Waals surface area contributed by atoms with Crippen molar-refractivity contribution in [2.24, 2.45) is 5.73 Å². The Morgan fingerprint density at radius 3 is 2.56 bits per heavy atom. The maximum absolute atomic E-state index is 5.63. The van der Waals surface area contributed by atoms with Crippen LogP contribution in [0.3, 0.4) is 0 Å². The normalized spacial score (nSPS) is 14.6. The third kappa shape index (κ3) is 3.61. The van der Waals surface area contributed by atoms with E-state index >= 15 is 0 Å². The lowest BCUT2D eigenvalue weighted by atomic mass is 10.1. The summed E-state index contributed by atoms with van der Waals surface area (Å²) < 4.78 is 5.50. The number of halogens is 1. The summed E-state index contributed by atoms with van der Waals surface area (Å²) in [6.07, 6.45) is 5.11. The summed E-state index contributed by atoms with van der Waals surface area (Å²) in [5.74, 6) is 1.77. The molecular formula is C18H21ClN4OS. The number of benzene rings is 1. The molecule has 2 N–H and O–H groups in total. The van der Waals surface area contributed by atoms with Gasteiger partial charge in [0.1, 0.15) is 4.88 Å². The number of aromatic nitrogens is 3. The Kier molecular flexibility index (Phi) is 5.51. The molecule has 0 bridgehead atoms. The molecule has 2 heterocycles. The first-order valence-electron chi connectivity index (χ1n) is 8.35. The number of thiazole rings is 1. The van der Waals surface area contributed by atoms with Gasteiger partial charge >= 0.3 is 0 Å². The maximum atomic E-state index is 5.63. The standard InChI is InChI=1S/C18H20N4OS.ClH/c1-11-15(24-18(20-11)14-4-2-3-5-14)17-21-16(22-23-17)13-8-6-12(10-19)7-9-13;/h6-9,14H,2-5,10,19H2,1H3;1H. The van der Waals surface area contributed by atoms with E-state index in [4.69, 9.17) is 15.2 Å². The molecule has 0 saturated heterocycles. The molecule has 25 heavy (non-hydrogen) atoms. The summed E-state index contributed by atoms with van der Waals surface area (Å²) in [5.41, 5.74) is 8.63. The number of hydrogen-bond donors (Lipinski definition) is 1.